The van der Waals surface area contributed by atoms with Gasteiger partial charge >= 0.3 is 0 Å². The number of hydrogen-bond acceptors (Lipinski definition) is 2. The van der Waals surface area contributed by atoms with Gasteiger partial charge in [-0.3, -0.25) is 4.79 Å². The Kier molecular flexibility index (Phi) is 4.33. The van der Waals surface area contributed by atoms with Gasteiger partial charge in [-0.2, -0.15) is 0 Å². The molecule has 2 aromatic carbocycles. The molecule has 0 fully saturated rings. The summed E-state index contributed by atoms with van der Waals surface area (Å²) in [4.78, 5) is 13.4. The molecule has 0 saturated heterocycles. The van der Waals surface area contributed by atoms with Gasteiger partial charge in [0.1, 0.15) is 0 Å². The number of hydrogen-bond donors (Lipinski definition) is 0. The molecule has 0 radical (unpaired) electrons. The summed E-state index contributed by atoms with van der Waals surface area (Å²) in [6.45, 7) is 0. The van der Waals surface area contributed by atoms with Crippen LogP contribution in [0.1, 0.15) is 15.9 Å². The van der Waals surface area contributed by atoms with Gasteiger partial charge in [-0.05, 0) is 36.6 Å². The zero-order valence-electron chi connectivity index (χ0n) is 9.61. The van der Waals surface area contributed by atoms with E-state index in [-0.39, 0.29) is 5.78 Å². The first-order chi connectivity index (χ1) is 8.61. The molecule has 0 heterocycles. The van der Waals surface area contributed by atoms with Crippen LogP contribution in [0.4, 0.5) is 0 Å². The SMILES string of the molecule is CSc1cccc(C(=O)c2cc(Cl)ccc2Cl)c1. The number of thioether (sulfide) groups is 1. The van der Waals surface area contributed by atoms with Gasteiger partial charge in [-0.1, -0.05) is 35.3 Å². The molecular formula is C14H10Cl2OS. The van der Waals surface area contributed by atoms with Gasteiger partial charge in [-0.15, -0.1) is 11.8 Å². The van der Waals surface area contributed by atoms with E-state index in [1.165, 1.54) is 0 Å². The Morgan fingerprint density at radius 2 is 1.89 bits per heavy atom. The predicted octanol–water partition coefficient (Wildman–Crippen LogP) is 4.95. The van der Waals surface area contributed by atoms with E-state index < -0.39 is 0 Å². The Bertz CT molecular complexity index is 596. The summed E-state index contributed by atoms with van der Waals surface area (Å²) in [5.74, 6) is -0.113. The van der Waals surface area contributed by atoms with Crippen LogP contribution in [0.3, 0.4) is 0 Å². The molecule has 0 saturated carbocycles. The second-order valence-corrected chi connectivity index (χ2v) is 5.41. The Balaban J connectivity index is 2.44. The molecule has 0 N–H and O–H groups in total. The minimum absolute atomic E-state index is 0.113. The van der Waals surface area contributed by atoms with Crippen molar-refractivity contribution < 1.29 is 4.79 Å². The van der Waals surface area contributed by atoms with Crippen LogP contribution in [-0.4, -0.2) is 12.0 Å². The highest BCUT2D eigenvalue weighted by atomic mass is 35.5. The third kappa shape index (κ3) is 2.89. The fraction of sp³-hybridized carbons (Fsp3) is 0.0714. The molecular weight excluding hydrogens is 287 g/mol. The molecule has 0 aliphatic carbocycles. The van der Waals surface area contributed by atoms with Gasteiger partial charge in [0.05, 0.1) is 5.02 Å². The van der Waals surface area contributed by atoms with Crippen molar-refractivity contribution in [3.05, 3.63) is 63.6 Å². The van der Waals surface area contributed by atoms with Gasteiger partial charge < -0.3 is 0 Å². The fourth-order valence-corrected chi connectivity index (χ4v) is 2.43. The van der Waals surface area contributed by atoms with E-state index in [1.54, 1.807) is 36.0 Å². The highest BCUT2D eigenvalue weighted by Crippen LogP contribution is 2.25. The molecule has 2 rings (SSSR count). The normalized spacial score (nSPS) is 10.4. The Morgan fingerprint density at radius 1 is 1.11 bits per heavy atom. The summed E-state index contributed by atoms with van der Waals surface area (Å²) < 4.78 is 0. The first-order valence-corrected chi connectivity index (χ1v) is 7.23. The van der Waals surface area contributed by atoms with E-state index >= 15 is 0 Å². The lowest BCUT2D eigenvalue weighted by Crippen LogP contribution is -2.02. The van der Waals surface area contributed by atoms with Crippen LogP contribution in [0.2, 0.25) is 10.0 Å². The molecule has 0 spiro atoms. The lowest BCUT2D eigenvalue weighted by Gasteiger charge is -2.05. The second kappa shape index (κ2) is 5.79. The third-order valence-corrected chi connectivity index (χ3v) is 3.79. The molecule has 2 aromatic rings. The molecule has 0 aliphatic rings. The number of rotatable bonds is 3. The summed E-state index contributed by atoms with van der Waals surface area (Å²) in [6, 6.07) is 12.3. The zero-order valence-corrected chi connectivity index (χ0v) is 11.9. The highest BCUT2D eigenvalue weighted by molar-refractivity contribution is 7.98. The van der Waals surface area contributed by atoms with E-state index in [0.717, 1.165) is 4.90 Å². The van der Waals surface area contributed by atoms with Crippen molar-refractivity contribution in [1.82, 2.24) is 0 Å². The minimum atomic E-state index is -0.113. The number of ketones is 1. The van der Waals surface area contributed by atoms with E-state index in [2.05, 4.69) is 0 Å². The monoisotopic (exact) mass is 296 g/mol. The van der Waals surface area contributed by atoms with Gasteiger partial charge in [0, 0.05) is 21.0 Å². The molecule has 92 valence electrons. The standard InChI is InChI=1S/C14H10Cl2OS/c1-18-11-4-2-3-9(7-11)14(17)12-8-10(15)5-6-13(12)16/h2-8H,1H3. The van der Waals surface area contributed by atoms with E-state index in [4.69, 9.17) is 23.2 Å². The van der Waals surface area contributed by atoms with Crippen LogP contribution >= 0.6 is 35.0 Å². The molecule has 4 heteroatoms. The average Bonchev–Trinajstić information content (AvgIpc) is 2.41. The third-order valence-electron chi connectivity index (χ3n) is 2.50. The van der Waals surface area contributed by atoms with Crippen molar-refractivity contribution in [2.75, 3.05) is 6.26 Å². The number of carbonyl (C=O) groups is 1. The summed E-state index contributed by atoms with van der Waals surface area (Å²) in [6.07, 6.45) is 1.97. The lowest BCUT2D eigenvalue weighted by molar-refractivity contribution is 0.103. The van der Waals surface area contributed by atoms with Crippen molar-refractivity contribution in [3.63, 3.8) is 0 Å². The van der Waals surface area contributed by atoms with Crippen molar-refractivity contribution >= 4 is 40.7 Å². The Morgan fingerprint density at radius 3 is 2.61 bits per heavy atom. The average molecular weight is 297 g/mol. The molecule has 18 heavy (non-hydrogen) atoms. The molecule has 1 nitrogen and oxygen atoms in total. The first kappa shape index (κ1) is 13.5. The van der Waals surface area contributed by atoms with Gasteiger partial charge in [0.25, 0.3) is 0 Å². The van der Waals surface area contributed by atoms with Crippen LogP contribution in [0.15, 0.2) is 47.4 Å². The van der Waals surface area contributed by atoms with Crippen molar-refractivity contribution in [2.24, 2.45) is 0 Å². The first-order valence-electron chi connectivity index (χ1n) is 5.25. The predicted molar refractivity (Wildman–Crippen MR) is 78.1 cm³/mol. The largest absolute Gasteiger partial charge is 0.289 e. The maximum atomic E-state index is 12.3. The number of benzene rings is 2. The second-order valence-electron chi connectivity index (χ2n) is 3.69. The lowest BCUT2D eigenvalue weighted by atomic mass is 10.0. The van der Waals surface area contributed by atoms with Gasteiger partial charge in [0.2, 0.25) is 0 Å². The fourth-order valence-electron chi connectivity index (χ4n) is 1.59. The summed E-state index contributed by atoms with van der Waals surface area (Å²) in [5, 5.41) is 0.919. The van der Waals surface area contributed by atoms with Crippen molar-refractivity contribution in [3.8, 4) is 0 Å². The maximum absolute atomic E-state index is 12.3. The van der Waals surface area contributed by atoms with Crippen molar-refractivity contribution in [1.29, 1.82) is 0 Å². The van der Waals surface area contributed by atoms with Crippen LogP contribution < -0.4 is 0 Å². The number of carbonyl (C=O) groups excluding carboxylic acids is 1. The van der Waals surface area contributed by atoms with E-state index in [9.17, 15) is 4.79 Å². The van der Waals surface area contributed by atoms with Crippen molar-refractivity contribution in [2.45, 2.75) is 4.90 Å². The Labute approximate surface area is 120 Å². The molecule has 0 amide bonds. The van der Waals surface area contributed by atoms with E-state index in [0.29, 0.717) is 21.2 Å². The van der Waals surface area contributed by atoms with E-state index in [1.807, 2.05) is 24.5 Å². The van der Waals surface area contributed by atoms with Gasteiger partial charge in [-0.25, -0.2) is 0 Å². The van der Waals surface area contributed by atoms with Crippen LogP contribution in [0, 0.1) is 0 Å². The topological polar surface area (TPSA) is 17.1 Å². The Hall–Kier alpha value is -0.960. The molecule has 0 atom stereocenters. The molecule has 0 aliphatic heterocycles. The summed E-state index contributed by atoms with van der Waals surface area (Å²) in [5.41, 5.74) is 1.05. The zero-order chi connectivity index (χ0) is 13.1. The van der Waals surface area contributed by atoms with Crippen LogP contribution in [0.5, 0.6) is 0 Å². The minimum Gasteiger partial charge on any atom is -0.289 e. The smallest absolute Gasteiger partial charge is 0.194 e. The summed E-state index contributed by atoms with van der Waals surface area (Å²) in [7, 11) is 0. The molecule has 0 unspecified atom stereocenters. The highest BCUT2D eigenvalue weighted by Gasteiger charge is 2.13. The maximum Gasteiger partial charge on any atom is 0.194 e. The number of halogens is 2. The quantitative estimate of drug-likeness (QED) is 0.589. The van der Waals surface area contributed by atoms with Crippen LogP contribution in [0.25, 0.3) is 0 Å². The molecule has 0 bridgehead atoms. The summed E-state index contributed by atoms with van der Waals surface area (Å²) >= 11 is 13.5. The molecule has 0 aromatic heterocycles. The van der Waals surface area contributed by atoms with Crippen LogP contribution in [-0.2, 0) is 0 Å². The van der Waals surface area contributed by atoms with Gasteiger partial charge in [0.15, 0.2) is 5.78 Å².